The molecule has 0 unspecified atom stereocenters. The van der Waals surface area contributed by atoms with Crippen LogP contribution in [0.4, 0.5) is 0 Å². The molecule has 0 amide bonds. The molecule has 2 aromatic carbocycles. The van der Waals surface area contributed by atoms with Gasteiger partial charge >= 0.3 is 5.97 Å². The van der Waals surface area contributed by atoms with Crippen LogP contribution in [0.15, 0.2) is 48.5 Å². The fourth-order valence-electron chi connectivity index (χ4n) is 3.00. The highest BCUT2D eigenvalue weighted by atomic mass is 16.4. The second-order valence-electron chi connectivity index (χ2n) is 5.60. The van der Waals surface area contributed by atoms with Crippen molar-refractivity contribution < 1.29 is 9.90 Å². The number of hydrogen-bond acceptors (Lipinski definition) is 1. The van der Waals surface area contributed by atoms with Crippen molar-refractivity contribution >= 4 is 11.5 Å². The van der Waals surface area contributed by atoms with Gasteiger partial charge in [0.1, 0.15) is 0 Å². The highest BCUT2D eigenvalue weighted by molar-refractivity contribution is 5.91. The van der Waals surface area contributed by atoms with Gasteiger partial charge in [-0.3, -0.25) is 0 Å². The lowest BCUT2D eigenvalue weighted by Crippen LogP contribution is -2.04. The van der Waals surface area contributed by atoms with Crippen LogP contribution in [0.3, 0.4) is 0 Å². The molecule has 0 bridgehead atoms. The number of allylic oxidation sites excluding steroid dienone is 1. The summed E-state index contributed by atoms with van der Waals surface area (Å²) in [7, 11) is 0. The number of carboxylic acids is 1. The van der Waals surface area contributed by atoms with Gasteiger partial charge in [-0.25, -0.2) is 4.79 Å². The van der Waals surface area contributed by atoms with Crippen LogP contribution in [0.2, 0.25) is 0 Å². The third kappa shape index (κ3) is 2.89. The van der Waals surface area contributed by atoms with E-state index in [2.05, 4.69) is 49.4 Å². The number of carboxylic acid groups (broad SMARTS) is 1. The third-order valence-electron chi connectivity index (χ3n) is 4.00. The molecule has 2 aromatic rings. The Kier molecular flexibility index (Phi) is 3.61. The van der Waals surface area contributed by atoms with Gasteiger partial charge in [0.15, 0.2) is 0 Å². The Morgan fingerprint density at radius 3 is 2.67 bits per heavy atom. The van der Waals surface area contributed by atoms with Gasteiger partial charge in [-0.2, -0.15) is 0 Å². The Balaban J connectivity index is 2.09. The minimum Gasteiger partial charge on any atom is -0.478 e. The van der Waals surface area contributed by atoms with E-state index in [4.69, 9.17) is 5.11 Å². The van der Waals surface area contributed by atoms with Gasteiger partial charge < -0.3 is 5.11 Å². The molecule has 1 N–H and O–H groups in total. The molecule has 0 fully saturated rings. The van der Waals surface area contributed by atoms with Gasteiger partial charge in [0.25, 0.3) is 0 Å². The molecule has 106 valence electrons. The molecule has 0 radical (unpaired) electrons. The summed E-state index contributed by atoms with van der Waals surface area (Å²) in [6, 6.07) is 14.8. The van der Waals surface area contributed by atoms with Crippen molar-refractivity contribution in [1.82, 2.24) is 0 Å². The van der Waals surface area contributed by atoms with Gasteiger partial charge in [-0.15, -0.1) is 0 Å². The average Bonchev–Trinajstić information content (AvgIpc) is 2.47. The maximum Gasteiger partial charge on any atom is 0.328 e. The Morgan fingerprint density at radius 1 is 1.10 bits per heavy atom. The van der Waals surface area contributed by atoms with Crippen molar-refractivity contribution in [2.75, 3.05) is 0 Å². The number of aryl methyl sites for hydroxylation is 2. The molecule has 0 aromatic heterocycles. The maximum atomic E-state index is 11.0. The first kappa shape index (κ1) is 13.6. The molecule has 2 nitrogen and oxygen atoms in total. The van der Waals surface area contributed by atoms with Crippen molar-refractivity contribution in [3.8, 4) is 11.1 Å². The van der Waals surface area contributed by atoms with Crippen molar-refractivity contribution in [3.63, 3.8) is 0 Å². The summed E-state index contributed by atoms with van der Waals surface area (Å²) in [5.74, 6) is -0.862. The average molecular weight is 278 g/mol. The Bertz CT molecular complexity index is 726. The summed E-state index contributed by atoms with van der Waals surface area (Å²) in [5.41, 5.74) is 6.85. The van der Waals surface area contributed by atoms with Gasteiger partial charge in [0.2, 0.25) is 0 Å². The summed E-state index contributed by atoms with van der Waals surface area (Å²) in [4.78, 5) is 11.0. The smallest absolute Gasteiger partial charge is 0.328 e. The topological polar surface area (TPSA) is 37.3 Å². The van der Waals surface area contributed by atoms with Gasteiger partial charge in [0, 0.05) is 6.08 Å². The van der Waals surface area contributed by atoms with Crippen LogP contribution >= 0.6 is 0 Å². The Labute approximate surface area is 124 Å². The molecule has 0 spiro atoms. The number of hydrogen-bond donors (Lipinski definition) is 1. The van der Waals surface area contributed by atoms with E-state index in [1.54, 1.807) is 0 Å². The lowest BCUT2D eigenvalue weighted by molar-refractivity contribution is -0.131. The first-order chi connectivity index (χ1) is 10.1. The van der Waals surface area contributed by atoms with E-state index in [9.17, 15) is 4.79 Å². The zero-order chi connectivity index (χ0) is 14.8. The number of fused-ring (bicyclic) bond motifs is 1. The van der Waals surface area contributed by atoms with E-state index >= 15 is 0 Å². The Morgan fingerprint density at radius 2 is 1.90 bits per heavy atom. The van der Waals surface area contributed by atoms with Crippen molar-refractivity contribution in [2.45, 2.75) is 26.2 Å². The number of benzene rings is 2. The van der Waals surface area contributed by atoms with Crippen molar-refractivity contribution in [2.24, 2.45) is 0 Å². The van der Waals surface area contributed by atoms with E-state index in [1.165, 1.54) is 22.8 Å². The molecule has 1 aliphatic carbocycles. The minimum atomic E-state index is -0.862. The van der Waals surface area contributed by atoms with Crippen molar-refractivity contribution in [1.29, 1.82) is 0 Å². The molecule has 3 rings (SSSR count). The van der Waals surface area contributed by atoms with Gasteiger partial charge in [0.05, 0.1) is 0 Å². The minimum absolute atomic E-state index is 0.844. The zero-order valence-electron chi connectivity index (χ0n) is 12.1. The second-order valence-corrected chi connectivity index (χ2v) is 5.60. The molecule has 0 saturated carbocycles. The lowest BCUT2D eigenvalue weighted by atomic mass is 9.85. The first-order valence-electron chi connectivity index (χ1n) is 7.27. The quantitative estimate of drug-likeness (QED) is 0.823. The summed E-state index contributed by atoms with van der Waals surface area (Å²) in [6.07, 6.45) is 4.25. The molecule has 1 aliphatic rings. The molecule has 0 aliphatic heterocycles. The SMILES string of the molecule is Cc1cccc(-c2ccc3c(c2)/C(=C/C(=O)O)CCC3)c1. The third-order valence-corrected chi connectivity index (χ3v) is 4.00. The van der Waals surface area contributed by atoms with Crippen LogP contribution in [-0.2, 0) is 11.2 Å². The summed E-state index contributed by atoms with van der Waals surface area (Å²) in [5, 5.41) is 9.04. The lowest BCUT2D eigenvalue weighted by Gasteiger charge is -2.20. The number of aliphatic carboxylic acids is 1. The van der Waals surface area contributed by atoms with E-state index in [0.29, 0.717) is 0 Å². The summed E-state index contributed by atoms with van der Waals surface area (Å²) >= 11 is 0. The second kappa shape index (κ2) is 5.57. The largest absolute Gasteiger partial charge is 0.478 e. The highest BCUT2D eigenvalue weighted by Crippen LogP contribution is 2.34. The summed E-state index contributed by atoms with van der Waals surface area (Å²) < 4.78 is 0. The maximum absolute atomic E-state index is 11.0. The van der Waals surface area contributed by atoms with E-state index in [0.717, 1.165) is 36.0 Å². The number of rotatable bonds is 2. The van der Waals surface area contributed by atoms with Crippen LogP contribution in [-0.4, -0.2) is 11.1 Å². The summed E-state index contributed by atoms with van der Waals surface area (Å²) in [6.45, 7) is 2.08. The molecule has 21 heavy (non-hydrogen) atoms. The molecule has 0 atom stereocenters. The molecule has 0 heterocycles. The zero-order valence-corrected chi connectivity index (χ0v) is 12.1. The Hall–Kier alpha value is -2.35. The van der Waals surface area contributed by atoms with Crippen LogP contribution in [0.5, 0.6) is 0 Å². The van der Waals surface area contributed by atoms with Crippen molar-refractivity contribution in [3.05, 3.63) is 65.2 Å². The molecular weight excluding hydrogens is 260 g/mol. The predicted molar refractivity (Wildman–Crippen MR) is 85.2 cm³/mol. The molecule has 0 saturated heterocycles. The fraction of sp³-hybridized carbons (Fsp3) is 0.211. The van der Waals surface area contributed by atoms with Gasteiger partial charge in [-0.05, 0) is 60.1 Å². The fourth-order valence-corrected chi connectivity index (χ4v) is 3.00. The van der Waals surface area contributed by atoms with Crippen LogP contribution in [0.1, 0.15) is 29.5 Å². The highest BCUT2D eigenvalue weighted by Gasteiger charge is 2.16. The monoisotopic (exact) mass is 278 g/mol. The normalized spacial score (nSPS) is 15.8. The van der Waals surface area contributed by atoms with E-state index < -0.39 is 5.97 Å². The van der Waals surface area contributed by atoms with E-state index in [-0.39, 0.29) is 0 Å². The standard InChI is InChI=1S/C19H18O2/c1-13-4-2-6-15(10-13)16-9-8-14-5-3-7-17(12-19(20)21)18(14)11-16/h2,4,6,8-12H,3,5,7H2,1H3,(H,20,21)/b17-12+. The molecular formula is C19H18O2. The number of carbonyl (C=O) groups is 1. The van der Waals surface area contributed by atoms with E-state index in [1.807, 2.05) is 0 Å². The van der Waals surface area contributed by atoms with Crippen LogP contribution < -0.4 is 0 Å². The first-order valence-corrected chi connectivity index (χ1v) is 7.27. The van der Waals surface area contributed by atoms with Gasteiger partial charge in [-0.1, -0.05) is 42.0 Å². The predicted octanol–water partition coefficient (Wildman–Crippen LogP) is 4.47. The molecule has 2 heteroatoms. The van der Waals surface area contributed by atoms with Crippen LogP contribution in [0.25, 0.3) is 16.7 Å². The van der Waals surface area contributed by atoms with Crippen LogP contribution in [0, 0.1) is 6.92 Å².